The van der Waals surface area contributed by atoms with E-state index in [4.69, 9.17) is 4.74 Å². The lowest BCUT2D eigenvalue weighted by Crippen LogP contribution is -2.37. The number of carboxylic acid groups (broad SMARTS) is 1. The van der Waals surface area contributed by atoms with Crippen LogP contribution in [0.3, 0.4) is 0 Å². The largest absolute Gasteiger partial charge is 0.478 e. The molecule has 122 valence electrons. The average Bonchev–Trinajstić information content (AvgIpc) is 2.53. The van der Waals surface area contributed by atoms with Crippen LogP contribution in [-0.2, 0) is 14.8 Å². The number of ether oxygens (including phenoxy) is 1. The van der Waals surface area contributed by atoms with Gasteiger partial charge in [-0.15, -0.1) is 0 Å². The Morgan fingerprint density at radius 1 is 1.36 bits per heavy atom. The van der Waals surface area contributed by atoms with Gasteiger partial charge in [-0.05, 0) is 24.6 Å². The first-order valence-corrected chi connectivity index (χ1v) is 8.63. The average molecular weight is 328 g/mol. The van der Waals surface area contributed by atoms with Crippen LogP contribution in [-0.4, -0.2) is 52.3 Å². The fraction of sp³-hybridized carbons (Fsp3) is 0.500. The second-order valence-electron chi connectivity index (χ2n) is 4.98. The lowest BCUT2D eigenvalue weighted by molar-refractivity contribution is 0.0696. The molecule has 8 heteroatoms. The van der Waals surface area contributed by atoms with Crippen LogP contribution in [0.4, 0.5) is 5.69 Å². The van der Waals surface area contributed by atoms with Gasteiger partial charge >= 0.3 is 5.97 Å². The molecule has 2 N–H and O–H groups in total. The maximum atomic E-state index is 12.1. The molecule has 1 heterocycles. The molecule has 1 saturated heterocycles. The standard InChI is InChI=1S/C14H20N2O5S/c1-2-5-15-22(19,20)11-3-4-13(12(10-11)14(17)18)16-6-8-21-9-7-16/h3-4,10,15H,2,5-9H2,1H3,(H,17,18). The molecule has 0 aliphatic carbocycles. The predicted octanol–water partition coefficient (Wildman–Crippen LogP) is 0.910. The number of nitrogens with one attached hydrogen (secondary N) is 1. The van der Waals surface area contributed by atoms with Crippen molar-refractivity contribution in [3.05, 3.63) is 23.8 Å². The zero-order valence-corrected chi connectivity index (χ0v) is 13.2. The summed E-state index contributed by atoms with van der Waals surface area (Å²) in [5.41, 5.74) is 0.506. The summed E-state index contributed by atoms with van der Waals surface area (Å²) in [5, 5.41) is 9.39. The molecule has 0 amide bonds. The third-order valence-electron chi connectivity index (χ3n) is 3.40. The second kappa shape index (κ2) is 7.08. The molecule has 2 rings (SSSR count). The molecule has 0 atom stereocenters. The Kier molecular flexibility index (Phi) is 5.38. The molecular weight excluding hydrogens is 308 g/mol. The number of aromatic carboxylic acids is 1. The smallest absolute Gasteiger partial charge is 0.337 e. The van der Waals surface area contributed by atoms with Gasteiger partial charge in [0.05, 0.1) is 29.4 Å². The molecule has 1 aromatic rings. The van der Waals surface area contributed by atoms with Gasteiger partial charge in [0, 0.05) is 19.6 Å². The van der Waals surface area contributed by atoms with Crippen LogP contribution >= 0.6 is 0 Å². The van der Waals surface area contributed by atoms with Crippen molar-refractivity contribution in [1.82, 2.24) is 4.72 Å². The third-order valence-corrected chi connectivity index (χ3v) is 4.86. The molecule has 1 aliphatic heterocycles. The molecule has 0 unspecified atom stereocenters. The molecule has 0 radical (unpaired) electrons. The van der Waals surface area contributed by atoms with E-state index in [0.717, 1.165) is 0 Å². The Morgan fingerprint density at radius 3 is 2.64 bits per heavy atom. The summed E-state index contributed by atoms with van der Waals surface area (Å²) in [5.74, 6) is -1.14. The zero-order valence-electron chi connectivity index (χ0n) is 12.4. The fourth-order valence-electron chi connectivity index (χ4n) is 2.25. The van der Waals surface area contributed by atoms with Crippen LogP contribution in [0.5, 0.6) is 0 Å². The summed E-state index contributed by atoms with van der Waals surface area (Å²) >= 11 is 0. The van der Waals surface area contributed by atoms with Gasteiger partial charge in [-0.3, -0.25) is 0 Å². The topological polar surface area (TPSA) is 95.9 Å². The summed E-state index contributed by atoms with van der Waals surface area (Å²) in [6.45, 7) is 4.39. The van der Waals surface area contributed by atoms with Crippen molar-refractivity contribution < 1.29 is 23.1 Å². The summed E-state index contributed by atoms with van der Waals surface area (Å²) in [6.07, 6.45) is 0.664. The highest BCUT2D eigenvalue weighted by molar-refractivity contribution is 7.89. The number of morpholine rings is 1. The van der Waals surface area contributed by atoms with E-state index in [1.807, 2.05) is 11.8 Å². The van der Waals surface area contributed by atoms with Crippen molar-refractivity contribution in [2.45, 2.75) is 18.2 Å². The second-order valence-corrected chi connectivity index (χ2v) is 6.75. The Bertz CT molecular complexity index is 639. The van der Waals surface area contributed by atoms with E-state index in [1.165, 1.54) is 12.1 Å². The number of hydrogen-bond donors (Lipinski definition) is 2. The van der Waals surface area contributed by atoms with Gasteiger partial charge in [0.2, 0.25) is 10.0 Å². The highest BCUT2D eigenvalue weighted by atomic mass is 32.2. The minimum atomic E-state index is -3.68. The number of sulfonamides is 1. The molecule has 0 saturated carbocycles. The first-order valence-electron chi connectivity index (χ1n) is 7.15. The first kappa shape index (κ1) is 16.7. The molecule has 0 bridgehead atoms. The zero-order chi connectivity index (χ0) is 16.2. The fourth-order valence-corrected chi connectivity index (χ4v) is 3.41. The number of anilines is 1. The van der Waals surface area contributed by atoms with Gasteiger partial charge in [-0.1, -0.05) is 6.92 Å². The van der Waals surface area contributed by atoms with E-state index in [1.54, 1.807) is 6.07 Å². The molecule has 0 aromatic heterocycles. The molecule has 22 heavy (non-hydrogen) atoms. The van der Waals surface area contributed by atoms with E-state index in [9.17, 15) is 18.3 Å². The molecule has 7 nitrogen and oxygen atoms in total. The van der Waals surface area contributed by atoms with Gasteiger partial charge in [-0.2, -0.15) is 0 Å². The Morgan fingerprint density at radius 2 is 2.05 bits per heavy atom. The van der Waals surface area contributed by atoms with E-state index in [2.05, 4.69) is 4.72 Å². The van der Waals surface area contributed by atoms with Gasteiger partial charge in [0.1, 0.15) is 0 Å². The van der Waals surface area contributed by atoms with Crippen LogP contribution in [0.15, 0.2) is 23.1 Å². The number of nitrogens with zero attached hydrogens (tertiary/aromatic N) is 1. The molecular formula is C14H20N2O5S. The number of rotatable bonds is 6. The van der Waals surface area contributed by atoms with Crippen molar-refractivity contribution in [3.8, 4) is 0 Å². The Hall–Kier alpha value is -1.64. The van der Waals surface area contributed by atoms with Crippen LogP contribution in [0.1, 0.15) is 23.7 Å². The Balaban J connectivity index is 2.36. The Labute approximate surface area is 129 Å². The van der Waals surface area contributed by atoms with Crippen molar-refractivity contribution in [2.75, 3.05) is 37.7 Å². The number of carbonyl (C=O) groups is 1. The maximum absolute atomic E-state index is 12.1. The monoisotopic (exact) mass is 328 g/mol. The lowest BCUT2D eigenvalue weighted by atomic mass is 10.1. The van der Waals surface area contributed by atoms with Crippen molar-refractivity contribution in [3.63, 3.8) is 0 Å². The van der Waals surface area contributed by atoms with Crippen LogP contribution < -0.4 is 9.62 Å². The highest BCUT2D eigenvalue weighted by Gasteiger charge is 2.22. The van der Waals surface area contributed by atoms with Crippen molar-refractivity contribution in [2.24, 2.45) is 0 Å². The number of hydrogen-bond acceptors (Lipinski definition) is 5. The quantitative estimate of drug-likeness (QED) is 0.806. The summed E-state index contributed by atoms with van der Waals surface area (Å²) in [7, 11) is -3.68. The molecule has 0 spiro atoms. The van der Waals surface area contributed by atoms with Gasteiger partial charge in [-0.25, -0.2) is 17.9 Å². The first-order chi connectivity index (χ1) is 10.5. The summed E-state index contributed by atoms with van der Waals surface area (Å²) in [4.78, 5) is 13.3. The van der Waals surface area contributed by atoms with Crippen LogP contribution in [0, 0.1) is 0 Å². The van der Waals surface area contributed by atoms with Crippen molar-refractivity contribution >= 4 is 21.7 Å². The maximum Gasteiger partial charge on any atom is 0.337 e. The number of benzene rings is 1. The van der Waals surface area contributed by atoms with Crippen LogP contribution in [0.25, 0.3) is 0 Å². The lowest BCUT2D eigenvalue weighted by Gasteiger charge is -2.30. The summed E-state index contributed by atoms with van der Waals surface area (Å²) in [6, 6.07) is 4.20. The molecule has 1 fully saturated rings. The molecule has 1 aliphatic rings. The van der Waals surface area contributed by atoms with Crippen molar-refractivity contribution in [1.29, 1.82) is 0 Å². The van der Waals surface area contributed by atoms with E-state index >= 15 is 0 Å². The normalized spacial score (nSPS) is 15.8. The van der Waals surface area contributed by atoms with E-state index in [0.29, 0.717) is 45.0 Å². The minimum absolute atomic E-state index is 0.0127. The number of carboxylic acids is 1. The third kappa shape index (κ3) is 3.76. The van der Waals surface area contributed by atoms with Gasteiger partial charge in [0.15, 0.2) is 0 Å². The van der Waals surface area contributed by atoms with Gasteiger partial charge < -0.3 is 14.7 Å². The molecule has 1 aromatic carbocycles. The van der Waals surface area contributed by atoms with E-state index < -0.39 is 16.0 Å². The predicted molar refractivity (Wildman–Crippen MR) is 81.9 cm³/mol. The van der Waals surface area contributed by atoms with E-state index in [-0.39, 0.29) is 10.5 Å². The summed E-state index contributed by atoms with van der Waals surface area (Å²) < 4.78 is 31.9. The van der Waals surface area contributed by atoms with Gasteiger partial charge in [0.25, 0.3) is 0 Å². The van der Waals surface area contributed by atoms with Crippen LogP contribution in [0.2, 0.25) is 0 Å². The minimum Gasteiger partial charge on any atom is -0.478 e. The SMILES string of the molecule is CCCNS(=O)(=O)c1ccc(N2CCOCC2)c(C(=O)O)c1. The highest BCUT2D eigenvalue weighted by Crippen LogP contribution is 2.25.